The van der Waals surface area contributed by atoms with Gasteiger partial charge in [0.15, 0.2) is 11.5 Å². The summed E-state index contributed by atoms with van der Waals surface area (Å²) in [6, 6.07) is 25.8. The molecule has 0 saturated carbocycles. The van der Waals surface area contributed by atoms with Gasteiger partial charge in [0, 0.05) is 12.1 Å². The first kappa shape index (κ1) is 21.6. The molecule has 0 radical (unpaired) electrons. The molecule has 0 spiro atoms. The number of hydrogen-bond donors (Lipinski definition) is 1. The second-order valence-electron chi connectivity index (χ2n) is 8.12. The van der Waals surface area contributed by atoms with Gasteiger partial charge in [0.25, 0.3) is 5.91 Å². The molecule has 0 aliphatic rings. The number of fused-ring (bicyclic) bond motifs is 1. The Morgan fingerprint density at radius 2 is 1.74 bits per heavy atom. The second-order valence-corrected chi connectivity index (χ2v) is 8.12. The summed E-state index contributed by atoms with van der Waals surface area (Å²) in [6.45, 7) is 2.61. The molecule has 7 heteroatoms. The van der Waals surface area contributed by atoms with E-state index in [9.17, 15) is 4.79 Å². The van der Waals surface area contributed by atoms with Crippen LogP contribution in [0.3, 0.4) is 0 Å². The van der Waals surface area contributed by atoms with Gasteiger partial charge in [-0.2, -0.15) is 0 Å². The van der Waals surface area contributed by atoms with Crippen molar-refractivity contribution in [1.29, 1.82) is 0 Å². The molecule has 0 aliphatic carbocycles. The maximum absolute atomic E-state index is 12.9. The van der Waals surface area contributed by atoms with Crippen LogP contribution in [0.4, 0.5) is 0 Å². The molecular weight excluding hydrogens is 426 g/mol. The molecule has 2 aromatic heterocycles. The third kappa shape index (κ3) is 4.32. The Balaban J connectivity index is 1.43. The largest absolute Gasteiger partial charge is 0.355 e. The molecular formula is C27H25N5O2. The average molecular weight is 452 g/mol. The third-order valence-electron chi connectivity index (χ3n) is 5.75. The summed E-state index contributed by atoms with van der Waals surface area (Å²) in [6.07, 6.45) is 2.31. The molecule has 0 atom stereocenters. The van der Waals surface area contributed by atoms with E-state index in [-0.39, 0.29) is 5.91 Å². The maximum Gasteiger partial charge on any atom is 0.273 e. The number of hydrogen-bond acceptors (Lipinski definition) is 5. The molecule has 170 valence electrons. The molecule has 2 heterocycles. The van der Waals surface area contributed by atoms with Crippen LogP contribution < -0.4 is 5.32 Å². The van der Waals surface area contributed by atoms with Crippen LogP contribution in [0.5, 0.6) is 0 Å². The minimum atomic E-state index is -0.207. The molecule has 0 fully saturated rings. The van der Waals surface area contributed by atoms with Gasteiger partial charge in [-0.1, -0.05) is 84.4 Å². The highest BCUT2D eigenvalue weighted by Gasteiger charge is 2.21. The van der Waals surface area contributed by atoms with Gasteiger partial charge in [-0.15, -0.1) is 5.10 Å². The van der Waals surface area contributed by atoms with Crippen molar-refractivity contribution in [2.75, 3.05) is 6.54 Å². The van der Waals surface area contributed by atoms with Gasteiger partial charge >= 0.3 is 0 Å². The van der Waals surface area contributed by atoms with Gasteiger partial charge in [0.05, 0.1) is 16.8 Å². The lowest BCUT2D eigenvalue weighted by atomic mass is 10.1. The average Bonchev–Trinajstić information content (AvgIpc) is 3.49. The van der Waals surface area contributed by atoms with E-state index < -0.39 is 0 Å². The number of carbonyl (C=O) groups is 1. The lowest BCUT2D eigenvalue weighted by molar-refractivity contribution is 0.0948. The first-order valence-electron chi connectivity index (χ1n) is 11.5. The van der Waals surface area contributed by atoms with Crippen molar-refractivity contribution in [3.8, 4) is 17.0 Å². The topological polar surface area (TPSA) is 85.8 Å². The van der Waals surface area contributed by atoms with Gasteiger partial charge in [-0.05, 0) is 36.6 Å². The molecule has 0 saturated heterocycles. The van der Waals surface area contributed by atoms with E-state index in [0.29, 0.717) is 24.4 Å². The summed E-state index contributed by atoms with van der Waals surface area (Å²) in [5.41, 5.74) is 4.86. The molecule has 34 heavy (non-hydrogen) atoms. The lowest BCUT2D eigenvalue weighted by Gasteiger charge is -2.08. The van der Waals surface area contributed by atoms with Gasteiger partial charge in [0.2, 0.25) is 0 Å². The number of benzene rings is 3. The Bertz CT molecular complexity index is 1410. The van der Waals surface area contributed by atoms with Crippen LogP contribution in [-0.2, 0) is 12.8 Å². The summed E-state index contributed by atoms with van der Waals surface area (Å²) < 4.78 is 7.38. The van der Waals surface area contributed by atoms with E-state index in [1.807, 2.05) is 66.7 Å². The van der Waals surface area contributed by atoms with Crippen LogP contribution in [0.1, 0.15) is 35.1 Å². The minimum absolute atomic E-state index is 0.207. The van der Waals surface area contributed by atoms with Crippen LogP contribution in [0, 0.1) is 0 Å². The molecule has 0 aliphatic heterocycles. The Kier molecular flexibility index (Phi) is 6.16. The zero-order valence-electron chi connectivity index (χ0n) is 18.9. The summed E-state index contributed by atoms with van der Waals surface area (Å²) in [5, 5.41) is 16.7. The zero-order valence-corrected chi connectivity index (χ0v) is 18.9. The molecule has 3 aromatic carbocycles. The van der Waals surface area contributed by atoms with Crippen molar-refractivity contribution < 1.29 is 9.32 Å². The normalized spacial score (nSPS) is 11.1. The third-order valence-corrected chi connectivity index (χ3v) is 5.75. The van der Waals surface area contributed by atoms with Gasteiger partial charge < -0.3 is 9.84 Å². The lowest BCUT2D eigenvalue weighted by Crippen LogP contribution is -2.27. The van der Waals surface area contributed by atoms with Crippen molar-refractivity contribution in [2.45, 2.75) is 26.2 Å². The smallest absolute Gasteiger partial charge is 0.273 e. The molecule has 5 aromatic rings. The molecule has 1 N–H and O–H groups in total. The summed E-state index contributed by atoms with van der Waals surface area (Å²) in [4.78, 5) is 12.9. The van der Waals surface area contributed by atoms with Gasteiger partial charge in [-0.3, -0.25) is 4.79 Å². The van der Waals surface area contributed by atoms with E-state index in [4.69, 9.17) is 4.52 Å². The fourth-order valence-electron chi connectivity index (χ4n) is 4.05. The Labute approximate surface area is 197 Å². The predicted octanol–water partition coefficient (Wildman–Crippen LogP) is 5.00. The molecule has 5 rings (SSSR count). The molecule has 0 unspecified atom stereocenters. The second kappa shape index (κ2) is 9.70. The molecule has 0 bridgehead atoms. The Hall–Kier alpha value is -4.26. The summed E-state index contributed by atoms with van der Waals surface area (Å²) >= 11 is 0. The van der Waals surface area contributed by atoms with Crippen LogP contribution in [0.25, 0.3) is 27.9 Å². The Morgan fingerprint density at radius 1 is 0.971 bits per heavy atom. The number of carbonyl (C=O) groups excluding carboxylic acids is 1. The van der Waals surface area contributed by atoms with Crippen LogP contribution >= 0.6 is 0 Å². The predicted molar refractivity (Wildman–Crippen MR) is 131 cm³/mol. The monoisotopic (exact) mass is 451 g/mol. The molecule has 7 nitrogen and oxygen atoms in total. The van der Waals surface area contributed by atoms with E-state index in [0.717, 1.165) is 40.7 Å². The van der Waals surface area contributed by atoms with Crippen LogP contribution in [0.2, 0.25) is 0 Å². The van der Waals surface area contributed by atoms with Crippen LogP contribution in [-0.4, -0.2) is 32.6 Å². The minimum Gasteiger partial charge on any atom is -0.355 e. The van der Waals surface area contributed by atoms with Crippen LogP contribution in [0.15, 0.2) is 83.4 Å². The van der Waals surface area contributed by atoms with E-state index in [2.05, 4.69) is 39.8 Å². The first-order valence-corrected chi connectivity index (χ1v) is 11.5. The van der Waals surface area contributed by atoms with Crippen molar-refractivity contribution in [2.24, 2.45) is 0 Å². The maximum atomic E-state index is 12.9. The van der Waals surface area contributed by atoms with E-state index >= 15 is 0 Å². The fraction of sp³-hybridized carbons (Fsp3) is 0.185. The number of nitrogens with one attached hydrogen (secondary N) is 1. The number of rotatable bonds is 8. The standard InChI is InChI=1S/C27H25N5O2/c1-2-9-24-25(27(33)28-17-16-19-10-5-3-6-11-19)29-31-32(24)21-14-15-23-22(18-21)26(34-30-23)20-12-7-4-8-13-20/h3-8,10-15,18H,2,9,16-17H2,1H3,(H,28,33). The van der Waals surface area contributed by atoms with Crippen molar-refractivity contribution in [1.82, 2.24) is 25.5 Å². The number of amides is 1. The van der Waals surface area contributed by atoms with E-state index in [1.165, 1.54) is 5.56 Å². The first-order chi connectivity index (χ1) is 16.7. The number of aromatic nitrogens is 4. The quantitative estimate of drug-likeness (QED) is 0.359. The van der Waals surface area contributed by atoms with Crippen molar-refractivity contribution in [3.05, 3.63) is 95.8 Å². The molecule has 1 amide bonds. The summed E-state index contributed by atoms with van der Waals surface area (Å²) in [7, 11) is 0. The van der Waals surface area contributed by atoms with Crippen molar-refractivity contribution >= 4 is 16.8 Å². The highest BCUT2D eigenvalue weighted by molar-refractivity contribution is 5.94. The SMILES string of the molecule is CCCc1c(C(=O)NCCc2ccccc2)nnn1-c1ccc2noc(-c3ccccc3)c2c1. The van der Waals surface area contributed by atoms with Gasteiger partial charge in [0.1, 0.15) is 5.52 Å². The summed E-state index contributed by atoms with van der Waals surface area (Å²) in [5.74, 6) is 0.496. The number of nitrogens with zero attached hydrogens (tertiary/aromatic N) is 4. The van der Waals surface area contributed by atoms with Crippen molar-refractivity contribution in [3.63, 3.8) is 0 Å². The fourth-order valence-corrected chi connectivity index (χ4v) is 4.05. The Morgan fingerprint density at radius 3 is 2.50 bits per heavy atom. The van der Waals surface area contributed by atoms with Gasteiger partial charge in [-0.25, -0.2) is 4.68 Å². The zero-order chi connectivity index (χ0) is 23.3. The van der Waals surface area contributed by atoms with E-state index in [1.54, 1.807) is 4.68 Å². The highest BCUT2D eigenvalue weighted by Crippen LogP contribution is 2.30. The highest BCUT2D eigenvalue weighted by atomic mass is 16.5.